The average molecular weight is 381 g/mol. The first-order valence-electron chi connectivity index (χ1n) is 9.16. The van der Waals surface area contributed by atoms with E-state index in [1.54, 1.807) is 13.8 Å². The van der Waals surface area contributed by atoms with Crippen molar-refractivity contribution in [1.29, 1.82) is 0 Å². The number of hydrogen-bond donors (Lipinski definition) is 0. The zero-order chi connectivity index (χ0) is 20.5. The van der Waals surface area contributed by atoms with E-state index in [0.29, 0.717) is 16.6 Å². The van der Waals surface area contributed by atoms with E-state index >= 15 is 0 Å². The van der Waals surface area contributed by atoms with Gasteiger partial charge in [0.05, 0.1) is 0 Å². The molecule has 3 rings (SSSR count). The molecule has 146 valence electrons. The van der Waals surface area contributed by atoms with Gasteiger partial charge in [-0.05, 0) is 42.5 Å². The fourth-order valence-electron chi connectivity index (χ4n) is 2.90. The van der Waals surface area contributed by atoms with Gasteiger partial charge in [-0.25, -0.2) is 14.2 Å². The van der Waals surface area contributed by atoms with Gasteiger partial charge in [0.25, 0.3) is 0 Å². The maximum atomic E-state index is 14.7. The Labute approximate surface area is 164 Å². The van der Waals surface area contributed by atoms with Gasteiger partial charge in [0.1, 0.15) is 23.7 Å². The van der Waals surface area contributed by atoms with E-state index in [1.165, 1.54) is 6.07 Å². The summed E-state index contributed by atoms with van der Waals surface area (Å²) in [5.74, 6) is -0.154. The normalized spacial score (nSPS) is 11.5. The molecule has 0 bridgehead atoms. The Morgan fingerprint density at radius 1 is 1.11 bits per heavy atom. The molecule has 0 radical (unpaired) electrons. The molecule has 0 aliphatic carbocycles. The highest BCUT2D eigenvalue weighted by atomic mass is 19.1. The van der Waals surface area contributed by atoms with Crippen LogP contribution in [0.5, 0.6) is 5.75 Å². The highest BCUT2D eigenvalue weighted by molar-refractivity contribution is 5.89. The summed E-state index contributed by atoms with van der Waals surface area (Å²) in [7, 11) is 0. The summed E-state index contributed by atoms with van der Waals surface area (Å²) in [5.41, 5.74) is 2.84. The molecule has 0 N–H and O–H groups in total. The third-order valence-corrected chi connectivity index (χ3v) is 4.72. The highest BCUT2D eigenvalue weighted by Gasteiger charge is 2.22. The molecule has 0 saturated carbocycles. The zero-order valence-electron chi connectivity index (χ0n) is 16.8. The highest BCUT2D eigenvalue weighted by Crippen LogP contribution is 2.35. The first kappa shape index (κ1) is 19.8. The number of carbonyl (C=O) groups is 1. The number of carbonyl (C=O) groups excluding carboxylic acids is 1. The van der Waals surface area contributed by atoms with Crippen LogP contribution < -0.4 is 4.74 Å². The SMILES string of the molecule is Cc1nc2c(F)cc(C(C)(C)C)cc2c(OC(=O)OCc2ccccc2)c1C. The lowest BCUT2D eigenvalue weighted by Gasteiger charge is -2.21. The maximum absolute atomic E-state index is 14.7. The predicted molar refractivity (Wildman–Crippen MR) is 107 cm³/mol. The van der Waals surface area contributed by atoms with Crippen LogP contribution in [-0.2, 0) is 16.8 Å². The molecule has 0 aliphatic rings. The number of hydrogen-bond acceptors (Lipinski definition) is 4. The van der Waals surface area contributed by atoms with Crippen LogP contribution in [0.2, 0.25) is 0 Å². The number of aryl methyl sites for hydroxylation is 1. The van der Waals surface area contributed by atoms with E-state index in [-0.39, 0.29) is 23.3 Å². The average Bonchev–Trinajstić information content (AvgIpc) is 2.64. The van der Waals surface area contributed by atoms with Gasteiger partial charge >= 0.3 is 6.16 Å². The summed E-state index contributed by atoms with van der Waals surface area (Å²) in [4.78, 5) is 16.7. The van der Waals surface area contributed by atoms with E-state index in [1.807, 2.05) is 57.2 Å². The molecular formula is C23H24FNO3. The predicted octanol–water partition coefficient (Wildman–Crippen LogP) is 6.00. The Morgan fingerprint density at radius 3 is 2.43 bits per heavy atom. The lowest BCUT2D eigenvalue weighted by Crippen LogP contribution is -2.14. The standard InChI is InChI=1S/C23H24FNO3/c1-14-15(2)25-20-18(11-17(12-19(20)24)23(3,4)5)21(14)28-22(26)27-13-16-9-7-6-8-10-16/h6-12H,13H2,1-5H3. The summed E-state index contributed by atoms with van der Waals surface area (Å²) >= 11 is 0. The van der Waals surface area contributed by atoms with Crippen molar-refractivity contribution < 1.29 is 18.7 Å². The topological polar surface area (TPSA) is 48.4 Å². The zero-order valence-corrected chi connectivity index (χ0v) is 16.8. The molecule has 1 aromatic heterocycles. The fraction of sp³-hybridized carbons (Fsp3) is 0.304. The van der Waals surface area contributed by atoms with Gasteiger partial charge in [-0.3, -0.25) is 0 Å². The van der Waals surface area contributed by atoms with Crippen LogP contribution in [0.25, 0.3) is 10.9 Å². The van der Waals surface area contributed by atoms with Crippen molar-refractivity contribution in [1.82, 2.24) is 4.98 Å². The molecular weight excluding hydrogens is 357 g/mol. The third kappa shape index (κ3) is 4.14. The van der Waals surface area contributed by atoms with Gasteiger partial charge in [-0.15, -0.1) is 0 Å². The first-order chi connectivity index (χ1) is 13.2. The van der Waals surface area contributed by atoms with Crippen molar-refractivity contribution in [2.45, 2.75) is 46.6 Å². The lowest BCUT2D eigenvalue weighted by atomic mass is 9.86. The van der Waals surface area contributed by atoms with Crippen LogP contribution in [-0.4, -0.2) is 11.1 Å². The van der Waals surface area contributed by atoms with Crippen LogP contribution in [0.4, 0.5) is 9.18 Å². The molecule has 1 heterocycles. The number of aromatic nitrogens is 1. The minimum atomic E-state index is -0.833. The Morgan fingerprint density at radius 2 is 1.79 bits per heavy atom. The number of benzene rings is 2. The number of fused-ring (bicyclic) bond motifs is 1. The minimum absolute atomic E-state index is 0.0995. The fourth-order valence-corrected chi connectivity index (χ4v) is 2.90. The van der Waals surface area contributed by atoms with E-state index < -0.39 is 12.0 Å². The van der Waals surface area contributed by atoms with E-state index in [2.05, 4.69) is 4.98 Å². The number of rotatable bonds is 3. The summed E-state index contributed by atoms with van der Waals surface area (Å²) in [5, 5.41) is 0.463. The maximum Gasteiger partial charge on any atom is 0.514 e. The molecule has 0 atom stereocenters. The molecule has 0 amide bonds. The smallest absolute Gasteiger partial charge is 0.429 e. The number of pyridine rings is 1. The second-order valence-electron chi connectivity index (χ2n) is 7.88. The Hall–Kier alpha value is -2.95. The van der Waals surface area contributed by atoms with Gasteiger partial charge < -0.3 is 9.47 Å². The summed E-state index contributed by atoms with van der Waals surface area (Å²) < 4.78 is 25.5. The summed E-state index contributed by atoms with van der Waals surface area (Å²) in [6.07, 6.45) is -0.833. The van der Waals surface area contributed by atoms with Crippen molar-refractivity contribution in [3.05, 3.63) is 70.7 Å². The van der Waals surface area contributed by atoms with Crippen molar-refractivity contribution >= 4 is 17.1 Å². The molecule has 0 spiro atoms. The number of nitrogens with zero attached hydrogens (tertiary/aromatic N) is 1. The molecule has 28 heavy (non-hydrogen) atoms. The van der Waals surface area contributed by atoms with Crippen molar-refractivity contribution in [2.24, 2.45) is 0 Å². The molecule has 4 nitrogen and oxygen atoms in total. The van der Waals surface area contributed by atoms with Crippen LogP contribution in [0.1, 0.15) is 43.2 Å². The van der Waals surface area contributed by atoms with Crippen LogP contribution >= 0.6 is 0 Å². The largest absolute Gasteiger partial charge is 0.514 e. The van der Waals surface area contributed by atoms with Gasteiger partial charge in [0, 0.05) is 16.6 Å². The molecule has 0 saturated heterocycles. The van der Waals surface area contributed by atoms with Crippen LogP contribution in [0, 0.1) is 19.7 Å². The molecule has 0 fully saturated rings. The molecule has 0 unspecified atom stereocenters. The molecule has 2 aromatic carbocycles. The number of ether oxygens (including phenoxy) is 2. The van der Waals surface area contributed by atoms with Gasteiger partial charge in [-0.2, -0.15) is 0 Å². The second-order valence-corrected chi connectivity index (χ2v) is 7.88. The van der Waals surface area contributed by atoms with Crippen molar-refractivity contribution in [3.63, 3.8) is 0 Å². The van der Waals surface area contributed by atoms with Crippen molar-refractivity contribution in [2.75, 3.05) is 0 Å². The Kier molecular flexibility index (Phi) is 5.36. The van der Waals surface area contributed by atoms with E-state index in [4.69, 9.17) is 9.47 Å². The monoisotopic (exact) mass is 381 g/mol. The molecule has 3 aromatic rings. The van der Waals surface area contributed by atoms with E-state index in [0.717, 1.165) is 11.1 Å². The van der Waals surface area contributed by atoms with Gasteiger partial charge in [0.2, 0.25) is 0 Å². The molecule has 5 heteroatoms. The Bertz CT molecular complexity index is 1020. The Balaban J connectivity index is 1.97. The van der Waals surface area contributed by atoms with Crippen LogP contribution in [0.15, 0.2) is 42.5 Å². The quantitative estimate of drug-likeness (QED) is 0.522. The van der Waals surface area contributed by atoms with Gasteiger partial charge in [0.15, 0.2) is 0 Å². The van der Waals surface area contributed by atoms with Crippen molar-refractivity contribution in [3.8, 4) is 5.75 Å². The number of halogens is 1. The second kappa shape index (κ2) is 7.58. The van der Waals surface area contributed by atoms with E-state index in [9.17, 15) is 9.18 Å². The summed E-state index contributed by atoms with van der Waals surface area (Å²) in [6.45, 7) is 9.64. The lowest BCUT2D eigenvalue weighted by molar-refractivity contribution is 0.0930. The minimum Gasteiger partial charge on any atom is -0.429 e. The summed E-state index contributed by atoms with van der Waals surface area (Å²) in [6, 6.07) is 12.7. The van der Waals surface area contributed by atoms with Gasteiger partial charge in [-0.1, -0.05) is 51.1 Å². The third-order valence-electron chi connectivity index (χ3n) is 4.72. The first-order valence-corrected chi connectivity index (χ1v) is 9.16. The molecule has 0 aliphatic heterocycles. The van der Waals surface area contributed by atoms with Crippen LogP contribution in [0.3, 0.4) is 0 Å².